The van der Waals surface area contributed by atoms with Gasteiger partial charge in [0.15, 0.2) is 0 Å². The summed E-state index contributed by atoms with van der Waals surface area (Å²) in [6, 6.07) is 5.73. The Morgan fingerprint density at radius 3 is 2.66 bits per heavy atom. The highest BCUT2D eigenvalue weighted by Crippen LogP contribution is 2.36. The molecule has 0 radical (unpaired) electrons. The Balaban J connectivity index is 1.36. The van der Waals surface area contributed by atoms with Gasteiger partial charge >= 0.3 is 6.18 Å². The van der Waals surface area contributed by atoms with Crippen LogP contribution in [0.3, 0.4) is 0 Å². The maximum Gasteiger partial charge on any atom is 0.421 e. The van der Waals surface area contributed by atoms with Crippen LogP contribution in [0, 0.1) is 0 Å². The van der Waals surface area contributed by atoms with Crippen LogP contribution in [0.25, 0.3) is 10.9 Å². The number of benzene rings is 1. The van der Waals surface area contributed by atoms with E-state index in [9.17, 15) is 13.2 Å². The van der Waals surface area contributed by atoms with Crippen molar-refractivity contribution in [1.82, 2.24) is 24.6 Å². The van der Waals surface area contributed by atoms with Crippen LogP contribution in [0.4, 0.5) is 30.6 Å². The van der Waals surface area contributed by atoms with Gasteiger partial charge in [0.25, 0.3) is 0 Å². The summed E-state index contributed by atoms with van der Waals surface area (Å²) in [6.07, 6.45) is -0.256. The fourth-order valence-electron chi connectivity index (χ4n) is 3.75. The number of anilines is 3. The Hall–Kier alpha value is -2.92. The predicted molar refractivity (Wildman–Crippen MR) is 114 cm³/mol. The summed E-state index contributed by atoms with van der Waals surface area (Å²) in [5.41, 5.74) is 0.771. The second kappa shape index (κ2) is 8.55. The zero-order valence-electron chi connectivity index (χ0n) is 17.4. The molecule has 170 valence electrons. The number of alkyl halides is 3. The zero-order chi connectivity index (χ0) is 22.1. The lowest BCUT2D eigenvalue weighted by Gasteiger charge is -2.26. The molecular formula is C21H24F3N7O. The lowest BCUT2D eigenvalue weighted by molar-refractivity contribution is -0.137. The Kier molecular flexibility index (Phi) is 5.60. The average molecular weight is 447 g/mol. The van der Waals surface area contributed by atoms with Gasteiger partial charge in [-0.25, -0.2) is 4.98 Å². The molecule has 32 heavy (non-hydrogen) atoms. The zero-order valence-corrected chi connectivity index (χ0v) is 17.4. The van der Waals surface area contributed by atoms with Crippen molar-refractivity contribution >= 4 is 28.4 Å². The highest BCUT2D eigenvalue weighted by molar-refractivity contribution is 5.92. The van der Waals surface area contributed by atoms with Gasteiger partial charge in [-0.2, -0.15) is 23.3 Å². The quantitative estimate of drug-likeness (QED) is 0.574. The molecule has 1 aliphatic heterocycles. The molecule has 0 atom stereocenters. The third kappa shape index (κ3) is 4.63. The Morgan fingerprint density at radius 2 is 1.91 bits per heavy atom. The summed E-state index contributed by atoms with van der Waals surface area (Å²) >= 11 is 0. The van der Waals surface area contributed by atoms with E-state index in [1.54, 1.807) is 6.20 Å². The average Bonchev–Trinajstić information content (AvgIpc) is 3.49. The van der Waals surface area contributed by atoms with E-state index in [4.69, 9.17) is 4.74 Å². The molecule has 8 nitrogen and oxygen atoms in total. The molecule has 2 aliphatic rings. The molecule has 2 fully saturated rings. The number of ether oxygens (including phenoxy) is 1. The van der Waals surface area contributed by atoms with Crippen LogP contribution in [0.2, 0.25) is 0 Å². The van der Waals surface area contributed by atoms with Crippen LogP contribution in [-0.2, 0) is 17.5 Å². The standard InChI is InChI=1S/C21H24F3N7O/c22-21(23,24)16-13-25-20(29-19(16)27-14-4-5-14)28-17-2-1-3-18-15(17)12-26-31(18)7-6-30-8-10-32-11-9-30/h1-3,12-14H,4-11H2,(H2,25,27,28,29). The summed E-state index contributed by atoms with van der Waals surface area (Å²) in [5.74, 6) is -0.0828. The maximum absolute atomic E-state index is 13.3. The van der Waals surface area contributed by atoms with Gasteiger partial charge in [-0.3, -0.25) is 9.58 Å². The molecule has 1 saturated heterocycles. The first kappa shape index (κ1) is 21.0. The monoisotopic (exact) mass is 447 g/mol. The topological polar surface area (TPSA) is 80.1 Å². The van der Waals surface area contributed by atoms with Crippen molar-refractivity contribution in [3.8, 4) is 0 Å². The van der Waals surface area contributed by atoms with E-state index in [2.05, 4.69) is 30.6 Å². The first-order chi connectivity index (χ1) is 15.5. The van der Waals surface area contributed by atoms with E-state index < -0.39 is 11.7 Å². The number of hydrogen-bond acceptors (Lipinski definition) is 7. The number of rotatable bonds is 7. The molecule has 3 aromatic rings. The fraction of sp³-hybridized carbons (Fsp3) is 0.476. The molecule has 11 heteroatoms. The normalized spacial score (nSPS) is 17.6. The summed E-state index contributed by atoms with van der Waals surface area (Å²) in [7, 11) is 0. The number of halogens is 3. The van der Waals surface area contributed by atoms with Gasteiger partial charge in [0.1, 0.15) is 11.4 Å². The lowest BCUT2D eigenvalue weighted by Crippen LogP contribution is -2.38. The third-order valence-corrected chi connectivity index (χ3v) is 5.68. The number of fused-ring (bicyclic) bond motifs is 1. The van der Waals surface area contributed by atoms with Crippen molar-refractivity contribution < 1.29 is 17.9 Å². The minimum absolute atomic E-state index is 0.0342. The smallest absolute Gasteiger partial charge is 0.379 e. The molecule has 1 saturated carbocycles. The van der Waals surface area contributed by atoms with E-state index >= 15 is 0 Å². The summed E-state index contributed by atoms with van der Waals surface area (Å²) in [5, 5.41) is 11.3. The minimum atomic E-state index is -4.52. The van der Waals surface area contributed by atoms with Gasteiger partial charge in [-0.15, -0.1) is 0 Å². The van der Waals surface area contributed by atoms with E-state index in [1.165, 1.54) is 0 Å². The Morgan fingerprint density at radius 1 is 1.09 bits per heavy atom. The summed E-state index contributed by atoms with van der Waals surface area (Å²) < 4.78 is 47.3. The van der Waals surface area contributed by atoms with Gasteiger partial charge in [0, 0.05) is 37.3 Å². The maximum atomic E-state index is 13.3. The molecule has 5 rings (SSSR count). The first-order valence-corrected chi connectivity index (χ1v) is 10.7. The van der Waals surface area contributed by atoms with Crippen LogP contribution < -0.4 is 10.6 Å². The predicted octanol–water partition coefficient (Wildman–Crippen LogP) is 3.50. The van der Waals surface area contributed by atoms with Gasteiger partial charge in [-0.1, -0.05) is 6.07 Å². The Labute approximate surface area is 182 Å². The number of morpholine rings is 1. The molecular weight excluding hydrogens is 423 g/mol. The van der Waals surface area contributed by atoms with Crippen molar-refractivity contribution in [3.63, 3.8) is 0 Å². The second-order valence-electron chi connectivity index (χ2n) is 8.06. The number of aromatic nitrogens is 4. The highest BCUT2D eigenvalue weighted by Gasteiger charge is 2.37. The van der Waals surface area contributed by atoms with Crippen molar-refractivity contribution in [2.45, 2.75) is 31.6 Å². The number of hydrogen-bond donors (Lipinski definition) is 2. The van der Waals surface area contributed by atoms with Crippen molar-refractivity contribution in [1.29, 1.82) is 0 Å². The number of nitrogens with one attached hydrogen (secondary N) is 2. The largest absolute Gasteiger partial charge is 0.421 e. The molecule has 0 bridgehead atoms. The third-order valence-electron chi connectivity index (χ3n) is 5.68. The Bertz CT molecular complexity index is 1090. The highest BCUT2D eigenvalue weighted by atomic mass is 19.4. The molecule has 2 aromatic heterocycles. The molecule has 2 N–H and O–H groups in total. The van der Waals surface area contributed by atoms with Gasteiger partial charge in [0.2, 0.25) is 5.95 Å². The van der Waals surface area contributed by atoms with Crippen LogP contribution in [0.1, 0.15) is 18.4 Å². The fourth-order valence-corrected chi connectivity index (χ4v) is 3.75. The molecule has 1 aromatic carbocycles. The van der Waals surface area contributed by atoms with E-state index in [0.29, 0.717) is 5.69 Å². The van der Waals surface area contributed by atoms with Crippen LogP contribution >= 0.6 is 0 Å². The van der Waals surface area contributed by atoms with Crippen molar-refractivity contribution in [2.24, 2.45) is 0 Å². The lowest BCUT2D eigenvalue weighted by atomic mass is 10.2. The second-order valence-corrected chi connectivity index (χ2v) is 8.06. The minimum Gasteiger partial charge on any atom is -0.379 e. The first-order valence-electron chi connectivity index (χ1n) is 10.7. The van der Waals surface area contributed by atoms with Gasteiger partial charge < -0.3 is 15.4 Å². The molecule has 1 aliphatic carbocycles. The van der Waals surface area contributed by atoms with Gasteiger partial charge in [0.05, 0.1) is 37.2 Å². The van der Waals surface area contributed by atoms with Crippen molar-refractivity contribution in [2.75, 3.05) is 43.5 Å². The number of nitrogens with zero attached hydrogens (tertiary/aromatic N) is 5. The molecule has 0 spiro atoms. The van der Waals surface area contributed by atoms with Crippen molar-refractivity contribution in [3.05, 3.63) is 36.2 Å². The SMILES string of the molecule is FC(F)(F)c1cnc(Nc2cccc3c2cnn3CCN2CCOCC2)nc1NC1CC1. The molecule has 0 unspecified atom stereocenters. The van der Waals surface area contributed by atoms with Crippen LogP contribution in [0.5, 0.6) is 0 Å². The van der Waals surface area contributed by atoms with E-state index in [0.717, 1.165) is 69.3 Å². The van der Waals surface area contributed by atoms with E-state index in [-0.39, 0.29) is 17.8 Å². The van der Waals surface area contributed by atoms with Crippen LogP contribution in [-0.4, -0.2) is 63.5 Å². The van der Waals surface area contributed by atoms with E-state index in [1.807, 2.05) is 22.9 Å². The molecule has 0 amide bonds. The molecule has 3 heterocycles. The summed E-state index contributed by atoms with van der Waals surface area (Å²) in [6.45, 7) is 4.93. The summed E-state index contributed by atoms with van der Waals surface area (Å²) in [4.78, 5) is 10.4. The van der Waals surface area contributed by atoms with Gasteiger partial charge in [-0.05, 0) is 25.0 Å². The van der Waals surface area contributed by atoms with Crippen LogP contribution in [0.15, 0.2) is 30.6 Å².